The lowest BCUT2D eigenvalue weighted by atomic mass is 10.2. The van der Waals surface area contributed by atoms with E-state index in [0.717, 1.165) is 11.3 Å². The van der Waals surface area contributed by atoms with Crippen molar-refractivity contribution in [1.82, 2.24) is 20.4 Å². The average Bonchev–Trinajstić information content (AvgIpc) is 3.10. The fraction of sp³-hybridized carbons (Fsp3) is 0.222. The molecule has 0 atom stereocenters. The van der Waals surface area contributed by atoms with E-state index in [1.807, 2.05) is 30.3 Å². The predicted octanol–water partition coefficient (Wildman–Crippen LogP) is 3.08. The average molecular weight is 357 g/mol. The van der Waals surface area contributed by atoms with Gasteiger partial charge in [0.15, 0.2) is 0 Å². The summed E-state index contributed by atoms with van der Waals surface area (Å²) in [5, 5.41) is 7.44. The third-order valence-corrected chi connectivity index (χ3v) is 3.82. The molecule has 6 nitrogen and oxygen atoms in total. The van der Waals surface area contributed by atoms with Crippen molar-refractivity contribution in [2.45, 2.75) is 19.3 Å². The molecule has 0 saturated carbocycles. The molecule has 0 bridgehead atoms. The van der Waals surface area contributed by atoms with Crippen molar-refractivity contribution in [3.05, 3.63) is 65.3 Å². The maximum atomic E-state index is 11.9. The quantitative estimate of drug-likeness (QED) is 0.703. The molecule has 7 heteroatoms. The van der Waals surface area contributed by atoms with Gasteiger partial charge in [-0.05, 0) is 36.4 Å². The number of halogens is 1. The van der Waals surface area contributed by atoms with E-state index < -0.39 is 0 Å². The second-order valence-electron chi connectivity index (χ2n) is 5.44. The lowest BCUT2D eigenvalue weighted by Crippen LogP contribution is -2.26. The number of aromatic nitrogens is 3. The number of hydrogen-bond acceptors (Lipinski definition) is 5. The van der Waals surface area contributed by atoms with Crippen LogP contribution < -0.4 is 5.32 Å². The van der Waals surface area contributed by atoms with Crippen LogP contribution in [0.25, 0.3) is 11.4 Å². The zero-order valence-electron chi connectivity index (χ0n) is 13.5. The number of pyridine rings is 1. The summed E-state index contributed by atoms with van der Waals surface area (Å²) < 4.78 is 5.19. The highest BCUT2D eigenvalue weighted by Crippen LogP contribution is 2.18. The van der Waals surface area contributed by atoms with Crippen LogP contribution in [0.4, 0.5) is 0 Å². The Morgan fingerprint density at radius 1 is 1.12 bits per heavy atom. The van der Waals surface area contributed by atoms with Crippen LogP contribution in [0, 0.1) is 0 Å². The van der Waals surface area contributed by atoms with Gasteiger partial charge in [0.1, 0.15) is 0 Å². The Hall–Kier alpha value is -2.73. The van der Waals surface area contributed by atoms with Crippen LogP contribution in [0.3, 0.4) is 0 Å². The lowest BCUT2D eigenvalue weighted by molar-refractivity contribution is -0.121. The normalized spacial score (nSPS) is 10.6. The number of carbonyl (C=O) groups excluding carboxylic acids is 1. The molecule has 0 aliphatic heterocycles. The first-order valence-corrected chi connectivity index (χ1v) is 8.33. The van der Waals surface area contributed by atoms with Gasteiger partial charge in [0.2, 0.25) is 17.6 Å². The fourth-order valence-corrected chi connectivity index (χ4v) is 2.38. The summed E-state index contributed by atoms with van der Waals surface area (Å²) in [6.45, 7) is 0.551. The molecule has 2 heterocycles. The second-order valence-corrected chi connectivity index (χ2v) is 5.88. The van der Waals surface area contributed by atoms with Gasteiger partial charge in [-0.3, -0.25) is 9.78 Å². The van der Waals surface area contributed by atoms with Crippen molar-refractivity contribution in [3.8, 4) is 11.4 Å². The number of rotatable bonds is 7. The smallest absolute Gasteiger partial charge is 0.227 e. The number of benzene rings is 1. The minimum atomic E-state index is -0.0535. The molecule has 128 valence electrons. The van der Waals surface area contributed by atoms with Crippen LogP contribution in [0.5, 0.6) is 0 Å². The summed E-state index contributed by atoms with van der Waals surface area (Å²) in [5.74, 6) is 0.870. The molecule has 0 aliphatic rings. The van der Waals surface area contributed by atoms with Crippen LogP contribution in [-0.4, -0.2) is 27.6 Å². The molecule has 0 aliphatic carbocycles. The van der Waals surface area contributed by atoms with E-state index in [1.165, 1.54) is 0 Å². The molecular formula is C18H17ClN4O2. The zero-order chi connectivity index (χ0) is 17.5. The second kappa shape index (κ2) is 8.39. The van der Waals surface area contributed by atoms with Crippen molar-refractivity contribution in [1.29, 1.82) is 0 Å². The molecule has 3 aromatic rings. The lowest BCUT2D eigenvalue weighted by Gasteiger charge is -2.03. The van der Waals surface area contributed by atoms with E-state index in [2.05, 4.69) is 20.4 Å². The number of nitrogens with zero attached hydrogens (tertiary/aromatic N) is 3. The van der Waals surface area contributed by atoms with E-state index in [1.54, 1.807) is 18.3 Å². The minimum absolute atomic E-state index is 0.0535. The maximum Gasteiger partial charge on any atom is 0.227 e. The van der Waals surface area contributed by atoms with Gasteiger partial charge in [-0.2, -0.15) is 4.98 Å². The number of hydrogen-bond donors (Lipinski definition) is 1. The van der Waals surface area contributed by atoms with Crippen molar-refractivity contribution < 1.29 is 9.32 Å². The third kappa shape index (κ3) is 5.12. The highest BCUT2D eigenvalue weighted by atomic mass is 35.5. The van der Waals surface area contributed by atoms with Gasteiger partial charge in [0.25, 0.3) is 0 Å². The molecule has 0 spiro atoms. The molecule has 25 heavy (non-hydrogen) atoms. The number of amides is 1. The van der Waals surface area contributed by atoms with Crippen LogP contribution in [0.15, 0.2) is 53.2 Å². The molecule has 0 saturated heterocycles. The number of carbonyl (C=O) groups is 1. The summed E-state index contributed by atoms with van der Waals surface area (Å²) in [5.41, 5.74) is 1.77. The van der Waals surface area contributed by atoms with Gasteiger partial charge < -0.3 is 9.84 Å². The van der Waals surface area contributed by atoms with Crippen LogP contribution >= 0.6 is 11.6 Å². The maximum absolute atomic E-state index is 11.9. The Morgan fingerprint density at radius 3 is 2.72 bits per heavy atom. The van der Waals surface area contributed by atoms with Crippen LogP contribution in [0.1, 0.15) is 18.0 Å². The predicted molar refractivity (Wildman–Crippen MR) is 94.0 cm³/mol. The van der Waals surface area contributed by atoms with E-state index in [0.29, 0.717) is 42.5 Å². The Morgan fingerprint density at radius 2 is 1.96 bits per heavy atom. The first-order chi connectivity index (χ1) is 12.2. The van der Waals surface area contributed by atoms with Gasteiger partial charge >= 0.3 is 0 Å². The first-order valence-electron chi connectivity index (χ1n) is 7.96. The molecule has 1 amide bonds. The molecule has 0 radical (unpaired) electrons. The van der Waals surface area contributed by atoms with E-state index in [9.17, 15) is 4.79 Å². The fourth-order valence-electron chi connectivity index (χ4n) is 2.26. The highest BCUT2D eigenvalue weighted by molar-refractivity contribution is 6.30. The molecule has 1 N–H and O–H groups in total. The SMILES string of the molecule is O=C(CCc1nc(-c2ccc(Cl)cc2)no1)NCCc1ccccn1. The van der Waals surface area contributed by atoms with Crippen molar-refractivity contribution >= 4 is 17.5 Å². The van der Waals surface area contributed by atoms with Gasteiger partial charge in [0, 0.05) is 48.3 Å². The molecule has 0 unspecified atom stereocenters. The van der Waals surface area contributed by atoms with Crippen LogP contribution in [0.2, 0.25) is 5.02 Å². The van der Waals surface area contributed by atoms with Gasteiger partial charge in [-0.15, -0.1) is 0 Å². The standard InChI is InChI=1S/C18H17ClN4O2/c19-14-6-4-13(5-7-14)18-22-17(25-23-18)9-8-16(24)21-12-10-15-3-1-2-11-20-15/h1-7,11H,8-10,12H2,(H,21,24). The number of nitrogens with one attached hydrogen (secondary N) is 1. The van der Waals surface area contributed by atoms with Crippen molar-refractivity contribution in [3.63, 3.8) is 0 Å². The van der Waals surface area contributed by atoms with Crippen LogP contribution in [-0.2, 0) is 17.6 Å². The summed E-state index contributed by atoms with van der Waals surface area (Å²) >= 11 is 5.86. The molecule has 0 fully saturated rings. The summed E-state index contributed by atoms with van der Waals surface area (Å²) in [7, 11) is 0. The van der Waals surface area contributed by atoms with Gasteiger partial charge in [-0.25, -0.2) is 0 Å². The minimum Gasteiger partial charge on any atom is -0.356 e. The van der Waals surface area contributed by atoms with E-state index in [4.69, 9.17) is 16.1 Å². The van der Waals surface area contributed by atoms with E-state index in [-0.39, 0.29) is 5.91 Å². The number of aryl methyl sites for hydroxylation is 1. The zero-order valence-corrected chi connectivity index (χ0v) is 14.2. The molecule has 1 aromatic carbocycles. The van der Waals surface area contributed by atoms with Gasteiger partial charge in [-0.1, -0.05) is 22.8 Å². The molecule has 3 rings (SSSR count). The Bertz CT molecular complexity index is 819. The highest BCUT2D eigenvalue weighted by Gasteiger charge is 2.10. The monoisotopic (exact) mass is 356 g/mol. The first kappa shape index (κ1) is 17.1. The third-order valence-electron chi connectivity index (χ3n) is 3.57. The Balaban J connectivity index is 1.44. The molecular weight excluding hydrogens is 340 g/mol. The topological polar surface area (TPSA) is 80.9 Å². The van der Waals surface area contributed by atoms with E-state index >= 15 is 0 Å². The van der Waals surface area contributed by atoms with Crippen molar-refractivity contribution in [2.75, 3.05) is 6.54 Å². The molecule has 2 aromatic heterocycles. The van der Waals surface area contributed by atoms with Gasteiger partial charge in [0.05, 0.1) is 0 Å². The summed E-state index contributed by atoms with van der Waals surface area (Å²) in [6, 6.07) is 12.9. The summed E-state index contributed by atoms with van der Waals surface area (Å²) in [4.78, 5) is 20.4. The summed E-state index contributed by atoms with van der Waals surface area (Å²) in [6.07, 6.45) is 3.14. The van der Waals surface area contributed by atoms with Crippen molar-refractivity contribution in [2.24, 2.45) is 0 Å². The Kier molecular flexibility index (Phi) is 5.74. The Labute approximate surface area is 150 Å². The largest absolute Gasteiger partial charge is 0.356 e.